The Morgan fingerprint density at radius 1 is 1.26 bits per heavy atom. The van der Waals surface area contributed by atoms with Crippen LogP contribution >= 0.6 is 0 Å². The molecule has 0 bridgehead atoms. The highest BCUT2D eigenvalue weighted by Gasteiger charge is 2.12. The van der Waals surface area contributed by atoms with Gasteiger partial charge in [-0.2, -0.15) is 0 Å². The predicted octanol–water partition coefficient (Wildman–Crippen LogP) is 1.75. The first-order valence-electron chi connectivity index (χ1n) is 6.48. The highest BCUT2D eigenvalue weighted by atomic mass is 16.4. The lowest BCUT2D eigenvalue weighted by molar-refractivity contribution is 0.0697. The summed E-state index contributed by atoms with van der Waals surface area (Å²) in [5.74, 6) is -0.926. The number of hydrogen-bond acceptors (Lipinski definition) is 4. The SMILES string of the molecule is CCCN(CCN(C)C)c1cc(C(=O)O)ccc1N. The number of nitrogen functional groups attached to an aromatic ring is 1. The number of carboxylic acid groups (broad SMARTS) is 1. The predicted molar refractivity (Wildman–Crippen MR) is 78.9 cm³/mol. The van der Waals surface area contributed by atoms with E-state index < -0.39 is 5.97 Å². The third-order valence-corrected chi connectivity index (χ3v) is 2.93. The second-order valence-corrected chi connectivity index (χ2v) is 4.87. The number of aromatic carboxylic acids is 1. The molecule has 0 saturated heterocycles. The number of nitrogens with two attached hydrogens (primary N) is 1. The van der Waals surface area contributed by atoms with Crippen LogP contribution in [0.4, 0.5) is 11.4 Å². The van der Waals surface area contributed by atoms with Crippen molar-refractivity contribution in [1.29, 1.82) is 0 Å². The molecule has 0 unspecified atom stereocenters. The minimum absolute atomic E-state index is 0.273. The van der Waals surface area contributed by atoms with Crippen LogP contribution in [0.15, 0.2) is 18.2 Å². The van der Waals surface area contributed by atoms with Gasteiger partial charge in [0, 0.05) is 19.6 Å². The van der Waals surface area contributed by atoms with Crippen molar-refractivity contribution >= 4 is 17.3 Å². The number of carboxylic acids is 1. The van der Waals surface area contributed by atoms with Crippen molar-refractivity contribution in [2.24, 2.45) is 0 Å². The van der Waals surface area contributed by atoms with Crippen molar-refractivity contribution in [2.45, 2.75) is 13.3 Å². The maximum Gasteiger partial charge on any atom is 0.335 e. The Bertz CT molecular complexity index is 433. The third-order valence-electron chi connectivity index (χ3n) is 2.93. The molecule has 0 radical (unpaired) electrons. The van der Waals surface area contributed by atoms with E-state index in [4.69, 9.17) is 10.8 Å². The highest BCUT2D eigenvalue weighted by Crippen LogP contribution is 2.25. The molecule has 5 heteroatoms. The molecule has 1 aromatic carbocycles. The summed E-state index contributed by atoms with van der Waals surface area (Å²) in [7, 11) is 4.03. The summed E-state index contributed by atoms with van der Waals surface area (Å²) >= 11 is 0. The summed E-state index contributed by atoms with van der Waals surface area (Å²) in [6, 6.07) is 4.86. The summed E-state index contributed by atoms with van der Waals surface area (Å²) < 4.78 is 0. The standard InChI is InChI=1S/C14H23N3O2/c1-4-7-17(9-8-16(2)3)13-10-11(14(18)19)5-6-12(13)15/h5-6,10H,4,7-9,15H2,1-3H3,(H,18,19). The number of carbonyl (C=O) groups is 1. The number of rotatable bonds is 7. The lowest BCUT2D eigenvalue weighted by Crippen LogP contribution is -2.33. The van der Waals surface area contributed by atoms with Gasteiger partial charge in [-0.25, -0.2) is 4.79 Å². The Morgan fingerprint density at radius 2 is 1.95 bits per heavy atom. The first-order valence-corrected chi connectivity index (χ1v) is 6.48. The van der Waals surface area contributed by atoms with E-state index in [2.05, 4.69) is 16.7 Å². The second kappa shape index (κ2) is 6.99. The normalized spacial score (nSPS) is 10.7. The summed E-state index contributed by atoms with van der Waals surface area (Å²) in [6.07, 6.45) is 0.990. The summed E-state index contributed by atoms with van der Waals surface area (Å²) in [5, 5.41) is 9.06. The molecule has 19 heavy (non-hydrogen) atoms. The van der Waals surface area contributed by atoms with Crippen LogP contribution in [0.2, 0.25) is 0 Å². The van der Waals surface area contributed by atoms with Gasteiger partial charge in [0.05, 0.1) is 16.9 Å². The highest BCUT2D eigenvalue weighted by molar-refractivity contribution is 5.90. The quantitative estimate of drug-likeness (QED) is 0.735. The van der Waals surface area contributed by atoms with E-state index in [0.717, 1.165) is 31.7 Å². The average Bonchev–Trinajstić information content (AvgIpc) is 2.35. The molecule has 5 nitrogen and oxygen atoms in total. The Morgan fingerprint density at radius 3 is 2.47 bits per heavy atom. The van der Waals surface area contributed by atoms with Gasteiger partial charge in [0.15, 0.2) is 0 Å². The van der Waals surface area contributed by atoms with E-state index in [9.17, 15) is 4.79 Å². The van der Waals surface area contributed by atoms with E-state index >= 15 is 0 Å². The molecule has 0 aliphatic rings. The van der Waals surface area contributed by atoms with Gasteiger partial charge in [-0.05, 0) is 38.7 Å². The van der Waals surface area contributed by atoms with Crippen LogP contribution in [-0.4, -0.2) is 49.7 Å². The van der Waals surface area contributed by atoms with Gasteiger partial charge >= 0.3 is 5.97 Å². The zero-order chi connectivity index (χ0) is 14.4. The molecule has 0 fully saturated rings. The summed E-state index contributed by atoms with van der Waals surface area (Å²) in [4.78, 5) is 15.3. The molecule has 0 aliphatic heterocycles. The van der Waals surface area contributed by atoms with Gasteiger partial charge in [0.1, 0.15) is 0 Å². The molecule has 0 amide bonds. The molecule has 0 atom stereocenters. The van der Waals surface area contributed by atoms with Crippen LogP contribution in [0.3, 0.4) is 0 Å². The minimum Gasteiger partial charge on any atom is -0.478 e. The molecule has 0 aromatic heterocycles. The topological polar surface area (TPSA) is 69.8 Å². The molecular weight excluding hydrogens is 242 g/mol. The molecule has 1 aromatic rings. The largest absolute Gasteiger partial charge is 0.478 e. The number of likely N-dealkylation sites (N-methyl/N-ethyl adjacent to an activating group) is 1. The van der Waals surface area contributed by atoms with E-state index in [1.165, 1.54) is 6.07 Å². The van der Waals surface area contributed by atoms with Crippen LogP contribution in [0.5, 0.6) is 0 Å². The maximum absolute atomic E-state index is 11.0. The van der Waals surface area contributed by atoms with Crippen LogP contribution in [-0.2, 0) is 0 Å². The van der Waals surface area contributed by atoms with Crippen molar-refractivity contribution in [3.8, 4) is 0 Å². The lowest BCUT2D eigenvalue weighted by atomic mass is 10.1. The molecule has 0 aliphatic carbocycles. The summed E-state index contributed by atoms with van der Waals surface area (Å²) in [6.45, 7) is 4.69. The average molecular weight is 265 g/mol. The minimum atomic E-state index is -0.926. The fourth-order valence-electron chi connectivity index (χ4n) is 1.89. The second-order valence-electron chi connectivity index (χ2n) is 4.87. The molecule has 0 spiro atoms. The summed E-state index contributed by atoms with van der Waals surface area (Å²) in [5.41, 5.74) is 7.68. The molecule has 1 rings (SSSR count). The maximum atomic E-state index is 11.0. The smallest absolute Gasteiger partial charge is 0.335 e. The molecule has 3 N–H and O–H groups in total. The first kappa shape index (κ1) is 15.3. The van der Waals surface area contributed by atoms with Crippen molar-refractivity contribution in [1.82, 2.24) is 4.90 Å². The van der Waals surface area contributed by atoms with E-state index in [1.807, 2.05) is 14.1 Å². The Kier molecular flexibility index (Phi) is 5.63. The van der Waals surface area contributed by atoms with Gasteiger partial charge in [0.25, 0.3) is 0 Å². The van der Waals surface area contributed by atoms with Gasteiger partial charge in [-0.3, -0.25) is 0 Å². The van der Waals surface area contributed by atoms with Crippen molar-refractivity contribution in [2.75, 3.05) is 44.4 Å². The van der Waals surface area contributed by atoms with E-state index in [-0.39, 0.29) is 5.56 Å². The van der Waals surface area contributed by atoms with Crippen molar-refractivity contribution < 1.29 is 9.90 Å². The van der Waals surface area contributed by atoms with E-state index in [1.54, 1.807) is 12.1 Å². The van der Waals surface area contributed by atoms with Crippen molar-refractivity contribution in [3.05, 3.63) is 23.8 Å². The van der Waals surface area contributed by atoms with Gasteiger partial charge in [0.2, 0.25) is 0 Å². The van der Waals surface area contributed by atoms with Crippen LogP contribution in [0, 0.1) is 0 Å². The number of anilines is 2. The van der Waals surface area contributed by atoms with Crippen molar-refractivity contribution in [3.63, 3.8) is 0 Å². The monoisotopic (exact) mass is 265 g/mol. The Labute approximate surface area is 114 Å². The van der Waals surface area contributed by atoms with Crippen LogP contribution in [0.25, 0.3) is 0 Å². The van der Waals surface area contributed by atoms with Crippen LogP contribution in [0.1, 0.15) is 23.7 Å². The number of nitrogens with zero attached hydrogens (tertiary/aromatic N) is 2. The fraction of sp³-hybridized carbons (Fsp3) is 0.500. The molecular formula is C14H23N3O2. The molecule has 0 heterocycles. The fourth-order valence-corrected chi connectivity index (χ4v) is 1.89. The van der Waals surface area contributed by atoms with Crippen LogP contribution < -0.4 is 10.6 Å². The van der Waals surface area contributed by atoms with Gasteiger partial charge in [-0.1, -0.05) is 6.92 Å². The van der Waals surface area contributed by atoms with Gasteiger partial charge < -0.3 is 20.6 Å². The first-order chi connectivity index (χ1) is 8.95. The van der Waals surface area contributed by atoms with Gasteiger partial charge in [-0.15, -0.1) is 0 Å². The third kappa shape index (κ3) is 4.44. The number of benzene rings is 1. The molecule has 106 valence electrons. The van der Waals surface area contributed by atoms with E-state index in [0.29, 0.717) is 5.69 Å². The zero-order valence-corrected chi connectivity index (χ0v) is 11.9. The number of hydrogen-bond donors (Lipinski definition) is 2. The zero-order valence-electron chi connectivity index (χ0n) is 11.9. The lowest BCUT2D eigenvalue weighted by Gasteiger charge is -2.27. The molecule has 0 saturated carbocycles. The Hall–Kier alpha value is -1.75. The Balaban J connectivity index is 2.99.